The Morgan fingerprint density at radius 1 is 1.11 bits per heavy atom. The molecule has 28 heavy (non-hydrogen) atoms. The summed E-state index contributed by atoms with van der Waals surface area (Å²) in [5, 5.41) is 2.85. The molecule has 0 radical (unpaired) electrons. The Bertz CT molecular complexity index is 944. The zero-order chi connectivity index (χ0) is 19.9. The van der Waals surface area contributed by atoms with Crippen molar-refractivity contribution in [3.05, 3.63) is 70.7 Å². The van der Waals surface area contributed by atoms with Gasteiger partial charge in [0.2, 0.25) is 5.91 Å². The van der Waals surface area contributed by atoms with Crippen LogP contribution in [0.25, 0.3) is 0 Å². The lowest BCUT2D eigenvalue weighted by atomic mass is 10.3. The normalized spacial score (nSPS) is 10.4. The lowest BCUT2D eigenvalue weighted by molar-refractivity contribution is -0.147. The Balaban J connectivity index is 1.55. The fourth-order valence-electron chi connectivity index (χ4n) is 2.34. The molecule has 144 valence electrons. The maximum absolute atomic E-state index is 12.0. The van der Waals surface area contributed by atoms with Crippen LogP contribution in [-0.4, -0.2) is 23.5 Å². The number of para-hydroxylation sites is 1. The summed E-state index contributed by atoms with van der Waals surface area (Å²) in [5.74, 6) is -0.145. The van der Waals surface area contributed by atoms with Crippen LogP contribution in [-0.2, 0) is 20.9 Å². The average Bonchev–Trinajstić information content (AvgIpc) is 3.15. The first kappa shape index (κ1) is 19.9. The summed E-state index contributed by atoms with van der Waals surface area (Å²) in [5.41, 5.74) is 1.28. The number of benzene rings is 2. The van der Waals surface area contributed by atoms with Crippen molar-refractivity contribution in [1.82, 2.24) is 4.98 Å². The van der Waals surface area contributed by atoms with Crippen LogP contribution in [0.2, 0.25) is 5.02 Å². The van der Waals surface area contributed by atoms with Crippen molar-refractivity contribution in [2.75, 3.05) is 11.5 Å². The first-order valence-electron chi connectivity index (χ1n) is 8.37. The number of carbonyl (C=O) groups excluding carboxylic acids is 2. The van der Waals surface area contributed by atoms with E-state index in [1.54, 1.807) is 29.6 Å². The maximum Gasteiger partial charge on any atom is 0.344 e. The number of thiazole rings is 1. The van der Waals surface area contributed by atoms with Crippen LogP contribution >= 0.6 is 22.9 Å². The van der Waals surface area contributed by atoms with Gasteiger partial charge in [-0.1, -0.05) is 29.8 Å². The van der Waals surface area contributed by atoms with Crippen LogP contribution in [0.4, 0.5) is 10.8 Å². The molecule has 0 saturated heterocycles. The summed E-state index contributed by atoms with van der Waals surface area (Å²) in [7, 11) is 0. The highest BCUT2D eigenvalue weighted by atomic mass is 35.5. The van der Waals surface area contributed by atoms with E-state index < -0.39 is 5.97 Å². The highest BCUT2D eigenvalue weighted by molar-refractivity contribution is 7.14. The van der Waals surface area contributed by atoms with Crippen LogP contribution in [0, 0.1) is 0 Å². The van der Waals surface area contributed by atoms with Crippen molar-refractivity contribution >= 4 is 45.6 Å². The fourth-order valence-corrected chi connectivity index (χ4v) is 3.34. The number of halogens is 1. The topological polar surface area (TPSA) is 68.7 Å². The van der Waals surface area contributed by atoms with Crippen LogP contribution in [0.1, 0.15) is 12.6 Å². The summed E-state index contributed by atoms with van der Waals surface area (Å²) >= 11 is 7.10. The van der Waals surface area contributed by atoms with Gasteiger partial charge in [-0.15, -0.1) is 11.3 Å². The highest BCUT2D eigenvalue weighted by Crippen LogP contribution is 2.28. The minimum absolute atomic E-state index is 0.000153. The molecule has 1 heterocycles. The Kier molecular flexibility index (Phi) is 6.62. The van der Waals surface area contributed by atoms with E-state index in [1.165, 1.54) is 23.2 Å². The van der Waals surface area contributed by atoms with Crippen LogP contribution in [0.15, 0.2) is 60.0 Å². The maximum atomic E-state index is 12.0. The van der Waals surface area contributed by atoms with Gasteiger partial charge in [-0.2, -0.15) is 0 Å². The van der Waals surface area contributed by atoms with Gasteiger partial charge < -0.3 is 9.47 Å². The second kappa shape index (κ2) is 9.34. The molecule has 0 aliphatic rings. The second-order valence-electron chi connectivity index (χ2n) is 5.71. The molecule has 0 aliphatic heterocycles. The number of rotatable bonds is 7. The van der Waals surface area contributed by atoms with Gasteiger partial charge >= 0.3 is 5.97 Å². The van der Waals surface area contributed by atoms with Gasteiger partial charge in [0, 0.05) is 17.3 Å². The molecule has 0 fully saturated rings. The number of hydrogen-bond acceptors (Lipinski definition) is 6. The van der Waals surface area contributed by atoms with E-state index in [0.29, 0.717) is 21.6 Å². The van der Waals surface area contributed by atoms with Gasteiger partial charge in [0.1, 0.15) is 12.4 Å². The average molecular weight is 417 g/mol. The van der Waals surface area contributed by atoms with Crippen molar-refractivity contribution in [3.8, 4) is 5.75 Å². The molecular weight excluding hydrogens is 400 g/mol. The van der Waals surface area contributed by atoms with E-state index in [-0.39, 0.29) is 19.1 Å². The van der Waals surface area contributed by atoms with E-state index in [2.05, 4.69) is 4.98 Å². The first-order chi connectivity index (χ1) is 13.5. The summed E-state index contributed by atoms with van der Waals surface area (Å²) in [6, 6.07) is 15.9. The van der Waals surface area contributed by atoms with Gasteiger partial charge in [0.05, 0.1) is 11.4 Å². The molecule has 1 amide bonds. The molecule has 1 aromatic heterocycles. The second-order valence-corrected chi connectivity index (χ2v) is 6.99. The van der Waals surface area contributed by atoms with Crippen LogP contribution in [0.5, 0.6) is 5.75 Å². The molecule has 0 bridgehead atoms. The highest BCUT2D eigenvalue weighted by Gasteiger charge is 2.18. The van der Waals surface area contributed by atoms with Crippen LogP contribution in [0.3, 0.4) is 0 Å². The molecule has 0 N–H and O–H groups in total. The lowest BCUT2D eigenvalue weighted by Gasteiger charge is -2.17. The monoisotopic (exact) mass is 416 g/mol. The van der Waals surface area contributed by atoms with Crippen molar-refractivity contribution < 1.29 is 19.1 Å². The van der Waals surface area contributed by atoms with Crippen molar-refractivity contribution in [2.24, 2.45) is 0 Å². The summed E-state index contributed by atoms with van der Waals surface area (Å²) in [6.45, 7) is 1.25. The Morgan fingerprint density at radius 3 is 2.50 bits per heavy atom. The largest absolute Gasteiger partial charge is 0.482 e. The Labute approximate surface area is 171 Å². The lowest BCUT2D eigenvalue weighted by Crippen LogP contribution is -2.22. The number of amides is 1. The number of aromatic nitrogens is 1. The SMILES string of the molecule is CC(=O)N(c1ccccc1)c1nc(COC(=O)COc2ccc(Cl)cc2)cs1. The number of hydrogen-bond donors (Lipinski definition) is 0. The summed E-state index contributed by atoms with van der Waals surface area (Å²) in [6.07, 6.45) is 0. The molecule has 0 unspecified atom stereocenters. The molecular formula is C20H17ClN2O4S. The number of anilines is 2. The fraction of sp³-hybridized carbons (Fsp3) is 0.150. The van der Waals surface area contributed by atoms with Gasteiger partial charge in [0.25, 0.3) is 0 Å². The van der Waals surface area contributed by atoms with Crippen LogP contribution < -0.4 is 9.64 Å². The Hall–Kier alpha value is -2.90. The molecule has 0 spiro atoms. The molecule has 0 atom stereocenters. The van der Waals surface area contributed by atoms with Gasteiger partial charge in [-0.3, -0.25) is 9.69 Å². The van der Waals surface area contributed by atoms with E-state index in [9.17, 15) is 9.59 Å². The number of carbonyl (C=O) groups is 2. The standard InChI is InChI=1S/C20H17ClN2O4S/c1-14(24)23(17-5-3-2-4-6-17)20-22-16(13-28-20)11-27-19(25)12-26-18-9-7-15(21)8-10-18/h2-10,13H,11-12H2,1H3. The zero-order valence-corrected chi connectivity index (χ0v) is 16.6. The van der Waals surface area contributed by atoms with Gasteiger partial charge in [-0.05, 0) is 36.4 Å². The molecule has 0 aliphatic carbocycles. The summed E-state index contributed by atoms with van der Waals surface area (Å²) in [4.78, 5) is 29.8. The van der Waals surface area contributed by atoms with Gasteiger partial charge in [-0.25, -0.2) is 9.78 Å². The third-order valence-electron chi connectivity index (χ3n) is 3.61. The first-order valence-corrected chi connectivity index (χ1v) is 9.63. The molecule has 2 aromatic carbocycles. The molecule has 6 nitrogen and oxygen atoms in total. The van der Waals surface area contributed by atoms with E-state index in [4.69, 9.17) is 21.1 Å². The minimum atomic E-state index is -0.518. The minimum Gasteiger partial charge on any atom is -0.482 e. The quantitative estimate of drug-likeness (QED) is 0.526. The third kappa shape index (κ3) is 5.31. The van der Waals surface area contributed by atoms with E-state index >= 15 is 0 Å². The Morgan fingerprint density at radius 2 is 1.82 bits per heavy atom. The molecule has 3 aromatic rings. The number of esters is 1. The number of nitrogens with zero attached hydrogens (tertiary/aromatic N) is 2. The van der Waals surface area contributed by atoms with E-state index in [1.807, 2.05) is 30.3 Å². The summed E-state index contributed by atoms with van der Waals surface area (Å²) < 4.78 is 10.5. The smallest absolute Gasteiger partial charge is 0.344 e. The molecule has 8 heteroatoms. The van der Waals surface area contributed by atoms with Crippen molar-refractivity contribution in [2.45, 2.75) is 13.5 Å². The third-order valence-corrected chi connectivity index (χ3v) is 4.74. The van der Waals surface area contributed by atoms with Gasteiger partial charge in [0.15, 0.2) is 11.7 Å². The number of ether oxygens (including phenoxy) is 2. The predicted molar refractivity (Wildman–Crippen MR) is 108 cm³/mol. The predicted octanol–water partition coefficient (Wildman–Crippen LogP) is 4.60. The molecule has 0 saturated carbocycles. The van der Waals surface area contributed by atoms with Crippen molar-refractivity contribution in [1.29, 1.82) is 0 Å². The zero-order valence-electron chi connectivity index (χ0n) is 15.0. The van der Waals surface area contributed by atoms with E-state index in [0.717, 1.165) is 5.69 Å². The molecule has 3 rings (SSSR count). The van der Waals surface area contributed by atoms with Crippen molar-refractivity contribution in [3.63, 3.8) is 0 Å².